The molecule has 0 atom stereocenters. The Morgan fingerprint density at radius 3 is 2.05 bits per heavy atom. The largest absolute Gasteiger partial charge is 0.433 e. The number of aromatic nitrogens is 1. The van der Waals surface area contributed by atoms with Gasteiger partial charge in [-0.25, -0.2) is 4.98 Å². The Bertz CT molecular complexity index is 629. The first-order valence-corrected chi connectivity index (χ1v) is 4.94. The van der Waals surface area contributed by atoms with Gasteiger partial charge in [0.1, 0.15) is 5.69 Å². The van der Waals surface area contributed by atoms with Gasteiger partial charge in [-0.05, 0) is 18.2 Å². The molecule has 1 heterocycles. The van der Waals surface area contributed by atoms with Crippen LogP contribution in [0.3, 0.4) is 0 Å². The Balaban J connectivity index is 2.84. The van der Waals surface area contributed by atoms with E-state index in [-0.39, 0.29) is 11.8 Å². The van der Waals surface area contributed by atoms with Gasteiger partial charge in [-0.1, -0.05) is 6.07 Å². The van der Waals surface area contributed by atoms with Crippen LogP contribution in [0.2, 0.25) is 0 Å². The minimum atomic E-state index is -4.96. The van der Waals surface area contributed by atoms with Crippen LogP contribution in [0.25, 0.3) is 10.9 Å². The lowest BCUT2D eigenvalue weighted by atomic mass is 10.1. The maximum absolute atomic E-state index is 12.8. The number of nitrogen functional groups attached to an aromatic ring is 1. The van der Waals surface area contributed by atoms with E-state index in [1.807, 2.05) is 0 Å². The molecule has 19 heavy (non-hydrogen) atoms. The molecule has 0 aliphatic carbocycles. The maximum atomic E-state index is 12.8. The Morgan fingerprint density at radius 1 is 0.895 bits per heavy atom. The van der Waals surface area contributed by atoms with Crippen LogP contribution in [0.15, 0.2) is 24.3 Å². The molecule has 0 aliphatic rings. The van der Waals surface area contributed by atoms with E-state index >= 15 is 0 Å². The van der Waals surface area contributed by atoms with Crippen LogP contribution in [0, 0.1) is 0 Å². The quantitative estimate of drug-likeness (QED) is 0.588. The van der Waals surface area contributed by atoms with Gasteiger partial charge in [-0.2, -0.15) is 26.3 Å². The number of hydrogen-bond acceptors (Lipinski definition) is 2. The topological polar surface area (TPSA) is 38.9 Å². The van der Waals surface area contributed by atoms with Crippen LogP contribution in [0.4, 0.5) is 32.0 Å². The lowest BCUT2D eigenvalue weighted by Crippen LogP contribution is -2.13. The van der Waals surface area contributed by atoms with Gasteiger partial charge in [0.15, 0.2) is 0 Å². The molecule has 2 nitrogen and oxygen atoms in total. The smallest absolute Gasteiger partial charge is 0.399 e. The Morgan fingerprint density at radius 2 is 1.53 bits per heavy atom. The number of halogens is 6. The van der Waals surface area contributed by atoms with Crippen molar-refractivity contribution in [2.24, 2.45) is 0 Å². The summed E-state index contributed by atoms with van der Waals surface area (Å²) in [6.45, 7) is 0. The molecule has 0 unspecified atom stereocenters. The fourth-order valence-corrected chi connectivity index (χ4v) is 1.63. The molecular weight excluding hydrogens is 274 g/mol. The minimum absolute atomic E-state index is 0.00146. The molecule has 0 amide bonds. The van der Waals surface area contributed by atoms with Gasteiger partial charge >= 0.3 is 12.4 Å². The number of alkyl halides is 6. The molecule has 2 rings (SSSR count). The zero-order chi connectivity index (χ0) is 14.4. The van der Waals surface area contributed by atoms with Crippen molar-refractivity contribution in [3.05, 3.63) is 35.5 Å². The molecule has 1 aromatic heterocycles. The summed E-state index contributed by atoms with van der Waals surface area (Å²) in [5.41, 5.74) is 1.95. The van der Waals surface area contributed by atoms with Gasteiger partial charge in [-0.3, -0.25) is 0 Å². The zero-order valence-electron chi connectivity index (χ0n) is 9.10. The van der Waals surface area contributed by atoms with Gasteiger partial charge in [0.25, 0.3) is 0 Å². The van der Waals surface area contributed by atoms with Crippen molar-refractivity contribution in [1.82, 2.24) is 4.98 Å². The van der Waals surface area contributed by atoms with Crippen molar-refractivity contribution < 1.29 is 26.3 Å². The molecule has 102 valence electrons. The highest BCUT2D eigenvalue weighted by atomic mass is 19.4. The highest BCUT2D eigenvalue weighted by Crippen LogP contribution is 2.38. The summed E-state index contributed by atoms with van der Waals surface area (Å²) in [7, 11) is 0. The summed E-state index contributed by atoms with van der Waals surface area (Å²) in [5, 5.41) is -0.422. The monoisotopic (exact) mass is 280 g/mol. The average Bonchev–Trinajstić information content (AvgIpc) is 2.24. The Labute approximate surface area is 102 Å². The third kappa shape index (κ3) is 2.56. The summed E-state index contributed by atoms with van der Waals surface area (Å²) in [6, 6.07) is 3.14. The van der Waals surface area contributed by atoms with Crippen molar-refractivity contribution in [3.8, 4) is 0 Å². The highest BCUT2D eigenvalue weighted by Gasteiger charge is 2.39. The molecule has 8 heteroatoms. The lowest BCUT2D eigenvalue weighted by molar-refractivity contribution is -0.144. The van der Waals surface area contributed by atoms with Gasteiger partial charge in [-0.15, -0.1) is 0 Å². The summed E-state index contributed by atoms with van der Waals surface area (Å²) in [5.74, 6) is 0. The van der Waals surface area contributed by atoms with Crippen LogP contribution < -0.4 is 5.73 Å². The van der Waals surface area contributed by atoms with Crippen LogP contribution >= 0.6 is 0 Å². The summed E-state index contributed by atoms with van der Waals surface area (Å²) < 4.78 is 75.9. The number of rotatable bonds is 0. The van der Waals surface area contributed by atoms with Crippen LogP contribution in [0.1, 0.15) is 11.3 Å². The number of fused-ring (bicyclic) bond motifs is 1. The fourth-order valence-electron chi connectivity index (χ4n) is 1.63. The van der Waals surface area contributed by atoms with Crippen molar-refractivity contribution >= 4 is 16.6 Å². The van der Waals surface area contributed by atoms with Crippen molar-refractivity contribution in [2.45, 2.75) is 12.4 Å². The summed E-state index contributed by atoms with van der Waals surface area (Å²) in [4.78, 5) is 3.18. The number of nitrogens with two attached hydrogens (primary N) is 1. The number of benzene rings is 1. The van der Waals surface area contributed by atoms with Crippen LogP contribution in [-0.2, 0) is 12.4 Å². The Hall–Kier alpha value is -1.99. The van der Waals surface area contributed by atoms with E-state index in [0.29, 0.717) is 0 Å². The first-order chi connectivity index (χ1) is 8.59. The fraction of sp³-hybridized carbons (Fsp3) is 0.182. The first kappa shape index (κ1) is 13.4. The number of pyridine rings is 1. The summed E-state index contributed by atoms with van der Waals surface area (Å²) >= 11 is 0. The Kier molecular flexibility index (Phi) is 2.83. The molecule has 0 fully saturated rings. The predicted octanol–water partition coefficient (Wildman–Crippen LogP) is 3.85. The van der Waals surface area contributed by atoms with Crippen molar-refractivity contribution in [3.63, 3.8) is 0 Å². The average molecular weight is 280 g/mol. The standard InChI is InChI=1S/C11H6F6N2/c12-10(13,14)7-4-9(11(15,16)17)19-8-3-5(18)1-2-6(7)8/h1-4H,18H2. The summed E-state index contributed by atoms with van der Waals surface area (Å²) in [6.07, 6.45) is -9.86. The molecule has 0 aliphatic heterocycles. The molecule has 2 aromatic rings. The highest BCUT2D eigenvalue weighted by molar-refractivity contribution is 5.85. The maximum Gasteiger partial charge on any atom is 0.433 e. The van der Waals surface area contributed by atoms with Crippen molar-refractivity contribution in [2.75, 3.05) is 5.73 Å². The second kappa shape index (κ2) is 4.01. The molecule has 0 bridgehead atoms. The van der Waals surface area contributed by atoms with E-state index in [9.17, 15) is 26.3 Å². The molecule has 0 spiro atoms. The van der Waals surface area contributed by atoms with Gasteiger partial charge in [0, 0.05) is 11.1 Å². The molecule has 1 aromatic carbocycles. The molecule has 0 saturated carbocycles. The third-order valence-electron chi connectivity index (χ3n) is 2.43. The molecule has 0 saturated heterocycles. The van der Waals surface area contributed by atoms with Gasteiger partial charge in [0.05, 0.1) is 11.1 Å². The molecular formula is C11H6F6N2. The number of anilines is 1. The molecule has 0 radical (unpaired) electrons. The van der Waals surface area contributed by atoms with Crippen molar-refractivity contribution in [1.29, 1.82) is 0 Å². The third-order valence-corrected chi connectivity index (χ3v) is 2.43. The van der Waals surface area contributed by atoms with E-state index < -0.39 is 34.5 Å². The van der Waals surface area contributed by atoms with E-state index in [1.165, 1.54) is 6.07 Å². The number of hydrogen-bond donors (Lipinski definition) is 1. The van der Waals surface area contributed by atoms with E-state index in [4.69, 9.17) is 5.73 Å². The normalized spacial score (nSPS) is 12.9. The van der Waals surface area contributed by atoms with Gasteiger partial charge in [0.2, 0.25) is 0 Å². The lowest BCUT2D eigenvalue weighted by Gasteiger charge is -2.14. The minimum Gasteiger partial charge on any atom is -0.399 e. The van der Waals surface area contributed by atoms with E-state index in [2.05, 4.69) is 4.98 Å². The van der Waals surface area contributed by atoms with Crippen LogP contribution in [0.5, 0.6) is 0 Å². The van der Waals surface area contributed by atoms with Gasteiger partial charge < -0.3 is 5.73 Å². The zero-order valence-corrected chi connectivity index (χ0v) is 9.10. The van der Waals surface area contributed by atoms with E-state index in [0.717, 1.165) is 12.1 Å². The predicted molar refractivity (Wildman–Crippen MR) is 56.2 cm³/mol. The number of nitrogens with zero attached hydrogens (tertiary/aromatic N) is 1. The molecule has 2 N–H and O–H groups in total. The SMILES string of the molecule is Nc1ccc2c(C(F)(F)F)cc(C(F)(F)F)nc2c1. The first-order valence-electron chi connectivity index (χ1n) is 4.94. The second-order valence-corrected chi connectivity index (χ2v) is 3.83. The second-order valence-electron chi connectivity index (χ2n) is 3.83. The van der Waals surface area contributed by atoms with Crippen LogP contribution in [-0.4, -0.2) is 4.98 Å². The van der Waals surface area contributed by atoms with E-state index in [1.54, 1.807) is 0 Å².